The Hall–Kier alpha value is -2.36. The Bertz CT molecular complexity index is 833. The molecule has 0 spiro atoms. The zero-order chi connectivity index (χ0) is 14.3. The Kier molecular flexibility index (Phi) is 2.93. The lowest BCUT2D eigenvalue weighted by atomic mass is 10.1. The maximum absolute atomic E-state index is 5.98. The minimum absolute atomic E-state index is 0.759. The second-order valence-electron chi connectivity index (χ2n) is 4.93. The second kappa shape index (κ2) is 4.63. The first-order valence-corrected chi connectivity index (χ1v) is 6.59. The molecule has 1 N–H and O–H groups in total. The van der Waals surface area contributed by atoms with E-state index in [0.717, 1.165) is 44.7 Å². The van der Waals surface area contributed by atoms with E-state index < -0.39 is 0 Å². The number of rotatable bonds is 1. The van der Waals surface area contributed by atoms with Gasteiger partial charge in [0.15, 0.2) is 11.3 Å². The SMILES string of the molecule is C/N=c1/cc2oc3cc(NC)c(C)cc3nc-2cc1C. The summed E-state index contributed by atoms with van der Waals surface area (Å²) in [6.45, 7) is 4.09. The summed E-state index contributed by atoms with van der Waals surface area (Å²) in [6.07, 6.45) is 0. The van der Waals surface area contributed by atoms with Crippen molar-refractivity contribution < 1.29 is 4.42 Å². The fourth-order valence-electron chi connectivity index (χ4n) is 2.43. The van der Waals surface area contributed by atoms with Gasteiger partial charge in [0.05, 0.1) is 5.36 Å². The zero-order valence-corrected chi connectivity index (χ0v) is 12.1. The Morgan fingerprint density at radius 1 is 1.10 bits per heavy atom. The third kappa shape index (κ3) is 1.93. The Balaban J connectivity index is 2.39. The van der Waals surface area contributed by atoms with Crippen LogP contribution in [0, 0.1) is 13.8 Å². The smallest absolute Gasteiger partial charge is 0.155 e. The number of aromatic nitrogens is 1. The number of hydrogen-bond acceptors (Lipinski definition) is 4. The predicted octanol–water partition coefficient (Wildman–Crippen LogP) is 3.12. The van der Waals surface area contributed by atoms with E-state index in [0.29, 0.717) is 0 Å². The molecule has 0 bridgehead atoms. The van der Waals surface area contributed by atoms with Crippen LogP contribution in [0.15, 0.2) is 33.7 Å². The van der Waals surface area contributed by atoms with Gasteiger partial charge < -0.3 is 9.73 Å². The fraction of sp³-hybridized carbons (Fsp3) is 0.250. The molecule has 0 atom stereocenters. The fourth-order valence-corrected chi connectivity index (χ4v) is 2.43. The lowest BCUT2D eigenvalue weighted by molar-refractivity contribution is 0.612. The summed E-state index contributed by atoms with van der Waals surface area (Å²) in [5.41, 5.74) is 5.81. The van der Waals surface area contributed by atoms with Crippen molar-refractivity contribution in [3.05, 3.63) is 40.7 Å². The minimum atomic E-state index is 0.759. The topological polar surface area (TPSA) is 50.4 Å². The monoisotopic (exact) mass is 267 g/mol. The summed E-state index contributed by atoms with van der Waals surface area (Å²) in [5.74, 6) is 0.759. The molecule has 102 valence electrons. The minimum Gasteiger partial charge on any atom is -0.453 e. The predicted molar refractivity (Wildman–Crippen MR) is 81.1 cm³/mol. The highest BCUT2D eigenvalue weighted by molar-refractivity contribution is 5.81. The van der Waals surface area contributed by atoms with E-state index in [9.17, 15) is 0 Å². The molecule has 0 unspecified atom stereocenters. The van der Waals surface area contributed by atoms with Crippen LogP contribution in [-0.4, -0.2) is 19.1 Å². The number of hydrogen-bond donors (Lipinski definition) is 1. The van der Waals surface area contributed by atoms with E-state index in [1.165, 1.54) is 0 Å². The lowest BCUT2D eigenvalue weighted by Crippen LogP contribution is -2.07. The molecule has 0 radical (unpaired) electrons. The van der Waals surface area contributed by atoms with Crippen molar-refractivity contribution in [3.8, 4) is 11.5 Å². The first-order valence-electron chi connectivity index (χ1n) is 6.59. The zero-order valence-electron chi connectivity index (χ0n) is 12.1. The van der Waals surface area contributed by atoms with Crippen LogP contribution in [0.3, 0.4) is 0 Å². The molecule has 0 saturated heterocycles. The summed E-state index contributed by atoms with van der Waals surface area (Å²) in [6, 6.07) is 7.98. The molecule has 4 nitrogen and oxygen atoms in total. The van der Waals surface area contributed by atoms with Crippen molar-refractivity contribution in [2.45, 2.75) is 13.8 Å². The Morgan fingerprint density at radius 2 is 1.90 bits per heavy atom. The van der Waals surface area contributed by atoms with Gasteiger partial charge in [0.2, 0.25) is 0 Å². The van der Waals surface area contributed by atoms with Crippen LogP contribution in [-0.2, 0) is 0 Å². The summed E-state index contributed by atoms with van der Waals surface area (Å²) >= 11 is 0. The maximum atomic E-state index is 5.98. The highest BCUT2D eigenvalue weighted by atomic mass is 16.3. The first-order chi connectivity index (χ1) is 9.62. The van der Waals surface area contributed by atoms with Gasteiger partial charge in [0, 0.05) is 31.9 Å². The quantitative estimate of drug-likeness (QED) is 0.689. The van der Waals surface area contributed by atoms with Crippen molar-refractivity contribution in [1.82, 2.24) is 4.98 Å². The number of benzene rings is 2. The molecule has 1 aliphatic heterocycles. The number of aryl methyl sites for hydroxylation is 2. The molecule has 0 aromatic heterocycles. The first kappa shape index (κ1) is 12.7. The molecule has 0 saturated carbocycles. The van der Waals surface area contributed by atoms with Gasteiger partial charge in [-0.1, -0.05) is 0 Å². The number of nitrogens with one attached hydrogen (secondary N) is 1. The van der Waals surface area contributed by atoms with Gasteiger partial charge in [0.25, 0.3) is 0 Å². The van der Waals surface area contributed by atoms with Crippen molar-refractivity contribution in [3.63, 3.8) is 0 Å². The van der Waals surface area contributed by atoms with Crippen molar-refractivity contribution >= 4 is 16.8 Å². The molecule has 1 heterocycles. The number of anilines is 1. The third-order valence-corrected chi connectivity index (χ3v) is 3.55. The molecule has 0 amide bonds. The normalized spacial score (nSPS) is 12.3. The van der Waals surface area contributed by atoms with Crippen molar-refractivity contribution in [1.29, 1.82) is 0 Å². The summed E-state index contributed by atoms with van der Waals surface area (Å²) in [7, 11) is 3.69. The van der Waals surface area contributed by atoms with E-state index in [2.05, 4.69) is 22.2 Å². The lowest BCUT2D eigenvalue weighted by Gasteiger charge is -2.10. The average Bonchev–Trinajstić information content (AvgIpc) is 2.44. The van der Waals surface area contributed by atoms with E-state index >= 15 is 0 Å². The molecule has 20 heavy (non-hydrogen) atoms. The van der Waals surface area contributed by atoms with Crippen LogP contribution in [0.1, 0.15) is 11.1 Å². The largest absolute Gasteiger partial charge is 0.453 e. The number of nitrogens with zero attached hydrogens (tertiary/aromatic N) is 2. The van der Waals surface area contributed by atoms with E-state index in [-0.39, 0.29) is 0 Å². The van der Waals surface area contributed by atoms with Crippen LogP contribution >= 0.6 is 0 Å². The van der Waals surface area contributed by atoms with Gasteiger partial charge in [-0.2, -0.15) is 0 Å². The molecule has 4 heteroatoms. The van der Waals surface area contributed by atoms with E-state index in [1.54, 1.807) is 7.05 Å². The van der Waals surface area contributed by atoms with Crippen molar-refractivity contribution in [2.75, 3.05) is 19.4 Å². The van der Waals surface area contributed by atoms with Gasteiger partial charge in [-0.25, -0.2) is 4.98 Å². The van der Waals surface area contributed by atoms with Crippen LogP contribution < -0.4 is 10.7 Å². The van der Waals surface area contributed by atoms with E-state index in [1.807, 2.05) is 38.2 Å². The molecule has 0 fully saturated rings. The molecular formula is C16H17N3O. The van der Waals surface area contributed by atoms with Crippen molar-refractivity contribution in [2.24, 2.45) is 4.99 Å². The van der Waals surface area contributed by atoms with Crippen LogP contribution in [0.2, 0.25) is 0 Å². The molecule has 3 rings (SSSR count). The number of fused-ring (bicyclic) bond motifs is 2. The molecule has 2 aliphatic rings. The molecule has 1 aromatic rings. The standard InChI is InChI=1S/C16H17N3O/c1-9-5-13-15(7-11(9)17-3)20-16-8-12(18-4)10(2)6-14(16)19-13/h5-8,17H,1-4H3/b18-12-. The second-order valence-corrected chi connectivity index (χ2v) is 4.93. The summed E-state index contributed by atoms with van der Waals surface area (Å²) < 4.78 is 5.98. The maximum Gasteiger partial charge on any atom is 0.155 e. The molecule has 1 aliphatic carbocycles. The molecular weight excluding hydrogens is 250 g/mol. The van der Waals surface area contributed by atoms with Crippen LogP contribution in [0.5, 0.6) is 0 Å². The van der Waals surface area contributed by atoms with E-state index in [4.69, 9.17) is 4.42 Å². The Morgan fingerprint density at radius 3 is 2.60 bits per heavy atom. The third-order valence-electron chi connectivity index (χ3n) is 3.55. The average molecular weight is 267 g/mol. The van der Waals surface area contributed by atoms with Gasteiger partial charge in [-0.15, -0.1) is 0 Å². The van der Waals surface area contributed by atoms with Gasteiger partial charge in [-0.3, -0.25) is 4.99 Å². The Labute approximate surface area is 117 Å². The van der Waals surface area contributed by atoms with Gasteiger partial charge in [0.1, 0.15) is 11.2 Å². The highest BCUT2D eigenvalue weighted by Gasteiger charge is 2.11. The molecule has 1 aromatic carbocycles. The summed E-state index contributed by atoms with van der Waals surface area (Å²) in [5, 5.41) is 4.09. The highest BCUT2D eigenvalue weighted by Crippen LogP contribution is 2.28. The van der Waals surface area contributed by atoms with Crippen LogP contribution in [0.4, 0.5) is 5.69 Å². The van der Waals surface area contributed by atoms with Crippen LogP contribution in [0.25, 0.3) is 22.6 Å². The van der Waals surface area contributed by atoms with Gasteiger partial charge >= 0.3 is 0 Å². The van der Waals surface area contributed by atoms with Gasteiger partial charge in [-0.05, 0) is 37.1 Å². The summed E-state index contributed by atoms with van der Waals surface area (Å²) in [4.78, 5) is 8.93.